The van der Waals surface area contributed by atoms with E-state index in [1.165, 1.54) is 11.3 Å². The van der Waals surface area contributed by atoms with Gasteiger partial charge in [0.1, 0.15) is 5.75 Å². The first-order chi connectivity index (χ1) is 6.72. The van der Waals surface area contributed by atoms with Gasteiger partial charge < -0.3 is 10.5 Å². The molecule has 0 amide bonds. The molecule has 0 aliphatic carbocycles. The van der Waals surface area contributed by atoms with Gasteiger partial charge in [-0.3, -0.25) is 0 Å². The van der Waals surface area contributed by atoms with Crippen LogP contribution in [0.5, 0.6) is 5.75 Å². The quantitative estimate of drug-likeness (QED) is 0.852. The lowest BCUT2D eigenvalue weighted by molar-refractivity contribution is 0.344. The van der Waals surface area contributed by atoms with Gasteiger partial charge in [0.05, 0.1) is 16.6 Å². The molecule has 0 atom stereocenters. The third-order valence-corrected chi connectivity index (χ3v) is 3.14. The van der Waals surface area contributed by atoms with Crippen molar-refractivity contribution in [1.29, 1.82) is 0 Å². The maximum atomic E-state index is 6.03. The first-order valence-corrected chi connectivity index (χ1v) is 5.52. The number of rotatable bonds is 2. The predicted molar refractivity (Wildman–Crippen MR) is 62.4 cm³/mol. The molecule has 0 aliphatic rings. The van der Waals surface area contributed by atoms with Gasteiger partial charge in [0.2, 0.25) is 0 Å². The molecule has 0 radical (unpaired) electrons. The molecule has 1 heterocycles. The smallest absolute Gasteiger partial charge is 0.146 e. The third kappa shape index (κ3) is 1.53. The van der Waals surface area contributed by atoms with E-state index in [-0.39, 0.29) is 0 Å². The zero-order valence-corrected chi connectivity index (χ0v) is 9.28. The van der Waals surface area contributed by atoms with Crippen molar-refractivity contribution in [2.45, 2.75) is 6.92 Å². The highest BCUT2D eigenvalue weighted by Gasteiger charge is 2.09. The second kappa shape index (κ2) is 3.67. The molecule has 2 rings (SSSR count). The average molecular weight is 228 g/mol. The van der Waals surface area contributed by atoms with Crippen LogP contribution in [0.2, 0.25) is 5.02 Å². The number of fused-ring (bicyclic) bond motifs is 1. The molecular weight excluding hydrogens is 218 g/mol. The molecule has 2 nitrogen and oxygen atoms in total. The van der Waals surface area contributed by atoms with Crippen molar-refractivity contribution >= 4 is 38.0 Å². The summed E-state index contributed by atoms with van der Waals surface area (Å²) < 4.78 is 6.59. The summed E-state index contributed by atoms with van der Waals surface area (Å²) in [5, 5.41) is 2.42. The second-order valence-corrected chi connectivity index (χ2v) is 4.39. The zero-order chi connectivity index (χ0) is 10.1. The Bertz CT molecular complexity index is 466. The van der Waals surface area contributed by atoms with Crippen molar-refractivity contribution in [2.24, 2.45) is 0 Å². The van der Waals surface area contributed by atoms with Crippen LogP contribution in [0.1, 0.15) is 6.92 Å². The molecule has 14 heavy (non-hydrogen) atoms. The number of nitrogens with two attached hydrogens (primary N) is 1. The molecule has 0 saturated heterocycles. The standard InChI is InChI=1S/C10H10ClNOS/c1-2-13-10-6-5-9(12)14-8(6)4-3-7(10)11/h3-5H,2,12H2,1H3. The maximum Gasteiger partial charge on any atom is 0.146 e. The first-order valence-electron chi connectivity index (χ1n) is 4.32. The van der Waals surface area contributed by atoms with Crippen molar-refractivity contribution in [3.8, 4) is 5.75 Å². The van der Waals surface area contributed by atoms with E-state index in [1.54, 1.807) is 0 Å². The molecule has 0 unspecified atom stereocenters. The van der Waals surface area contributed by atoms with E-state index in [0.717, 1.165) is 20.8 Å². The topological polar surface area (TPSA) is 35.2 Å². The van der Waals surface area contributed by atoms with Crippen molar-refractivity contribution in [2.75, 3.05) is 12.3 Å². The summed E-state index contributed by atoms with van der Waals surface area (Å²) >= 11 is 7.57. The number of halogens is 1. The Kier molecular flexibility index (Phi) is 2.52. The summed E-state index contributed by atoms with van der Waals surface area (Å²) in [7, 11) is 0. The number of hydrogen-bond acceptors (Lipinski definition) is 3. The maximum absolute atomic E-state index is 6.03. The lowest BCUT2D eigenvalue weighted by Crippen LogP contribution is -1.92. The fraction of sp³-hybridized carbons (Fsp3) is 0.200. The van der Waals surface area contributed by atoms with Gasteiger partial charge in [-0.1, -0.05) is 11.6 Å². The summed E-state index contributed by atoms with van der Waals surface area (Å²) in [4.78, 5) is 0. The van der Waals surface area contributed by atoms with Crippen LogP contribution in [-0.4, -0.2) is 6.61 Å². The zero-order valence-electron chi connectivity index (χ0n) is 7.71. The highest BCUT2D eigenvalue weighted by molar-refractivity contribution is 7.22. The van der Waals surface area contributed by atoms with Crippen molar-refractivity contribution in [1.82, 2.24) is 0 Å². The van der Waals surface area contributed by atoms with E-state index >= 15 is 0 Å². The number of hydrogen-bond donors (Lipinski definition) is 1. The molecule has 0 saturated carbocycles. The molecule has 0 aliphatic heterocycles. The lowest BCUT2D eigenvalue weighted by Gasteiger charge is -2.06. The molecule has 74 valence electrons. The number of benzene rings is 1. The Morgan fingerprint density at radius 3 is 3.00 bits per heavy atom. The average Bonchev–Trinajstić information content (AvgIpc) is 2.51. The molecular formula is C10H10ClNOS. The van der Waals surface area contributed by atoms with Gasteiger partial charge in [-0.2, -0.15) is 0 Å². The van der Waals surface area contributed by atoms with E-state index in [1.807, 2.05) is 25.1 Å². The number of ether oxygens (including phenoxy) is 1. The molecule has 4 heteroatoms. The Balaban J connectivity index is 2.68. The van der Waals surface area contributed by atoms with Gasteiger partial charge in [-0.25, -0.2) is 0 Å². The van der Waals surface area contributed by atoms with Crippen LogP contribution in [0.25, 0.3) is 10.1 Å². The normalized spacial score (nSPS) is 10.7. The van der Waals surface area contributed by atoms with Gasteiger partial charge in [-0.15, -0.1) is 11.3 Å². The van der Waals surface area contributed by atoms with Gasteiger partial charge in [0.15, 0.2) is 0 Å². The molecule has 2 aromatic rings. The molecule has 1 aromatic carbocycles. The minimum atomic E-state index is 0.606. The number of thiophene rings is 1. The Morgan fingerprint density at radius 1 is 1.50 bits per heavy atom. The molecule has 0 spiro atoms. The van der Waals surface area contributed by atoms with Gasteiger partial charge >= 0.3 is 0 Å². The lowest BCUT2D eigenvalue weighted by atomic mass is 10.2. The molecule has 1 aromatic heterocycles. The van der Waals surface area contributed by atoms with Crippen LogP contribution in [0, 0.1) is 0 Å². The van der Waals surface area contributed by atoms with Crippen LogP contribution >= 0.6 is 22.9 Å². The minimum Gasteiger partial charge on any atom is -0.492 e. The summed E-state index contributed by atoms with van der Waals surface area (Å²) in [6.07, 6.45) is 0. The van der Waals surface area contributed by atoms with Crippen LogP contribution in [0.4, 0.5) is 5.00 Å². The van der Waals surface area contributed by atoms with Crippen LogP contribution in [0.3, 0.4) is 0 Å². The molecule has 0 fully saturated rings. The van der Waals surface area contributed by atoms with E-state index < -0.39 is 0 Å². The monoisotopic (exact) mass is 227 g/mol. The fourth-order valence-electron chi connectivity index (χ4n) is 1.37. The molecule has 2 N–H and O–H groups in total. The van der Waals surface area contributed by atoms with Gasteiger partial charge in [0, 0.05) is 10.1 Å². The largest absolute Gasteiger partial charge is 0.492 e. The van der Waals surface area contributed by atoms with E-state index in [9.17, 15) is 0 Å². The first kappa shape index (κ1) is 9.62. The van der Waals surface area contributed by atoms with E-state index in [4.69, 9.17) is 22.1 Å². The van der Waals surface area contributed by atoms with Crippen molar-refractivity contribution in [3.63, 3.8) is 0 Å². The van der Waals surface area contributed by atoms with Crippen LogP contribution < -0.4 is 10.5 Å². The highest BCUT2D eigenvalue weighted by atomic mass is 35.5. The minimum absolute atomic E-state index is 0.606. The molecule has 0 bridgehead atoms. The van der Waals surface area contributed by atoms with Crippen LogP contribution in [-0.2, 0) is 0 Å². The van der Waals surface area contributed by atoms with E-state index in [0.29, 0.717) is 11.6 Å². The summed E-state index contributed by atoms with van der Waals surface area (Å²) in [5.74, 6) is 0.736. The second-order valence-electron chi connectivity index (χ2n) is 2.87. The Morgan fingerprint density at radius 2 is 2.29 bits per heavy atom. The number of nitrogen functional groups attached to an aromatic ring is 1. The summed E-state index contributed by atoms with van der Waals surface area (Å²) in [5.41, 5.74) is 5.73. The van der Waals surface area contributed by atoms with Crippen molar-refractivity contribution < 1.29 is 4.74 Å². The summed E-state index contributed by atoms with van der Waals surface area (Å²) in [6, 6.07) is 5.70. The predicted octanol–water partition coefficient (Wildman–Crippen LogP) is 3.54. The van der Waals surface area contributed by atoms with Crippen LogP contribution in [0.15, 0.2) is 18.2 Å². The fourth-order valence-corrected chi connectivity index (χ4v) is 2.42. The Hall–Kier alpha value is -0.930. The summed E-state index contributed by atoms with van der Waals surface area (Å²) in [6.45, 7) is 2.54. The van der Waals surface area contributed by atoms with Crippen molar-refractivity contribution in [3.05, 3.63) is 23.2 Å². The Labute approximate surface area is 91.2 Å². The number of anilines is 1. The van der Waals surface area contributed by atoms with Gasteiger partial charge in [0.25, 0.3) is 0 Å². The highest BCUT2D eigenvalue weighted by Crippen LogP contribution is 2.38. The SMILES string of the molecule is CCOc1c(Cl)ccc2sc(N)cc12. The van der Waals surface area contributed by atoms with Gasteiger partial charge in [-0.05, 0) is 25.1 Å². The van der Waals surface area contributed by atoms with E-state index in [2.05, 4.69) is 0 Å². The third-order valence-electron chi connectivity index (χ3n) is 1.91.